The minimum atomic E-state index is -4.54. The van der Waals surface area contributed by atoms with Crippen LogP contribution in [0.5, 0.6) is 5.75 Å². The summed E-state index contributed by atoms with van der Waals surface area (Å²) in [5, 5.41) is 4.77. The fourth-order valence-electron chi connectivity index (χ4n) is 4.68. The Bertz CT molecular complexity index is 1800. The maximum Gasteiger partial charge on any atom is 0.416 e. The van der Waals surface area contributed by atoms with Gasteiger partial charge in [-0.05, 0) is 81.8 Å². The Hall–Kier alpha value is -4.66. The van der Waals surface area contributed by atoms with Crippen molar-refractivity contribution in [3.63, 3.8) is 0 Å². The van der Waals surface area contributed by atoms with Gasteiger partial charge >= 0.3 is 6.18 Å². The molecule has 0 amide bonds. The van der Waals surface area contributed by atoms with Crippen molar-refractivity contribution in [2.24, 2.45) is 5.10 Å². The second-order valence-corrected chi connectivity index (χ2v) is 9.89. The highest BCUT2D eigenvalue weighted by molar-refractivity contribution is 5.83. The van der Waals surface area contributed by atoms with E-state index < -0.39 is 17.3 Å². The minimum Gasteiger partial charge on any atom is -0.491 e. The minimum absolute atomic E-state index is 0.0155. The van der Waals surface area contributed by atoms with Gasteiger partial charge in [-0.25, -0.2) is 4.98 Å². The number of hydrogen-bond donors (Lipinski definition) is 0. The van der Waals surface area contributed by atoms with Crippen molar-refractivity contribution in [2.45, 2.75) is 46.4 Å². The first-order valence-electron chi connectivity index (χ1n) is 13.3. The van der Waals surface area contributed by atoms with Crippen LogP contribution in [0, 0.1) is 13.8 Å². The molecule has 0 unspecified atom stereocenters. The zero-order chi connectivity index (χ0) is 29.3. The van der Waals surface area contributed by atoms with Crippen molar-refractivity contribution < 1.29 is 17.9 Å². The molecule has 0 fully saturated rings. The standard InChI is InChI=1S/C32H29F3N4O2/c1-5-21(3)41-27-15-13-26(14-16-27)38-20(2)17-24(22(38)4)19-36-39-30(23-9-8-10-25(18-23)32(33,34)35)37-29-12-7-6-11-28(29)31(39)40/h6-19,21H,5H2,1-4H3/t21-/m0/s1. The molecule has 2 aromatic heterocycles. The molecule has 0 radical (unpaired) electrons. The topological polar surface area (TPSA) is 61.4 Å². The molecule has 1 atom stereocenters. The van der Waals surface area contributed by atoms with E-state index >= 15 is 0 Å². The Morgan fingerprint density at radius 2 is 1.73 bits per heavy atom. The van der Waals surface area contributed by atoms with Crippen molar-refractivity contribution in [1.82, 2.24) is 14.2 Å². The molecule has 2 heterocycles. The van der Waals surface area contributed by atoms with Gasteiger partial charge in [0, 0.05) is 28.2 Å². The second kappa shape index (κ2) is 11.1. The summed E-state index contributed by atoms with van der Waals surface area (Å²) in [7, 11) is 0. The summed E-state index contributed by atoms with van der Waals surface area (Å²) in [5.41, 5.74) is 2.69. The number of aromatic nitrogens is 3. The lowest BCUT2D eigenvalue weighted by Gasteiger charge is -2.14. The fraction of sp³-hybridized carbons (Fsp3) is 0.219. The molecule has 9 heteroatoms. The molecule has 0 aliphatic carbocycles. The van der Waals surface area contributed by atoms with Crippen LogP contribution in [0.15, 0.2) is 88.8 Å². The highest BCUT2D eigenvalue weighted by atomic mass is 19.4. The third kappa shape index (κ3) is 5.66. The van der Waals surface area contributed by atoms with Gasteiger partial charge in [-0.2, -0.15) is 22.9 Å². The molecule has 6 nitrogen and oxygen atoms in total. The number of hydrogen-bond acceptors (Lipinski definition) is 4. The zero-order valence-corrected chi connectivity index (χ0v) is 23.1. The first-order valence-corrected chi connectivity index (χ1v) is 13.3. The van der Waals surface area contributed by atoms with Gasteiger partial charge in [0.25, 0.3) is 5.56 Å². The third-order valence-electron chi connectivity index (χ3n) is 6.99. The van der Waals surface area contributed by atoms with Crippen molar-refractivity contribution in [3.8, 4) is 22.8 Å². The highest BCUT2D eigenvalue weighted by Gasteiger charge is 2.31. The maximum absolute atomic E-state index is 13.5. The average molecular weight is 559 g/mol. The van der Waals surface area contributed by atoms with Gasteiger partial charge in [0.1, 0.15) is 5.75 Å². The van der Waals surface area contributed by atoms with Gasteiger partial charge in [-0.15, -0.1) is 0 Å². The number of nitrogens with zero attached hydrogens (tertiary/aromatic N) is 4. The summed E-state index contributed by atoms with van der Waals surface area (Å²) in [6.45, 7) is 7.99. The molecule has 0 saturated carbocycles. The van der Waals surface area contributed by atoms with Gasteiger partial charge < -0.3 is 9.30 Å². The molecule has 3 aromatic carbocycles. The third-order valence-corrected chi connectivity index (χ3v) is 6.99. The number of para-hydroxylation sites is 1. The molecule has 0 aliphatic rings. The Balaban J connectivity index is 1.58. The predicted molar refractivity (Wildman–Crippen MR) is 155 cm³/mol. The van der Waals surface area contributed by atoms with Crippen molar-refractivity contribution >= 4 is 17.1 Å². The first-order chi connectivity index (χ1) is 19.6. The molecule has 0 spiro atoms. The van der Waals surface area contributed by atoms with E-state index in [0.29, 0.717) is 10.9 Å². The smallest absolute Gasteiger partial charge is 0.416 e. The molecule has 0 aliphatic heterocycles. The highest BCUT2D eigenvalue weighted by Crippen LogP contribution is 2.32. The van der Waals surface area contributed by atoms with Crippen LogP contribution in [0.2, 0.25) is 0 Å². The molecule has 0 bridgehead atoms. The molecule has 41 heavy (non-hydrogen) atoms. The maximum atomic E-state index is 13.5. The van der Waals surface area contributed by atoms with E-state index in [0.717, 1.165) is 51.6 Å². The predicted octanol–water partition coefficient (Wildman–Crippen LogP) is 7.55. The number of halogens is 3. The average Bonchev–Trinajstić information content (AvgIpc) is 3.24. The number of alkyl halides is 3. The molecular weight excluding hydrogens is 529 g/mol. The summed E-state index contributed by atoms with van der Waals surface area (Å²) in [6, 6.07) is 21.2. The Kier molecular flexibility index (Phi) is 7.53. The zero-order valence-electron chi connectivity index (χ0n) is 23.1. The van der Waals surface area contributed by atoms with Gasteiger partial charge in [0.2, 0.25) is 0 Å². The summed E-state index contributed by atoms with van der Waals surface area (Å²) in [5.74, 6) is 0.805. The fourth-order valence-corrected chi connectivity index (χ4v) is 4.68. The summed E-state index contributed by atoms with van der Waals surface area (Å²) in [6.07, 6.45) is -1.98. The normalized spacial score (nSPS) is 12.8. The van der Waals surface area contributed by atoms with Crippen molar-refractivity contribution in [1.29, 1.82) is 0 Å². The van der Waals surface area contributed by atoms with Crippen molar-refractivity contribution in [2.75, 3.05) is 0 Å². The van der Waals surface area contributed by atoms with E-state index in [1.807, 2.05) is 51.1 Å². The van der Waals surface area contributed by atoms with E-state index in [1.54, 1.807) is 24.3 Å². The number of fused-ring (bicyclic) bond motifs is 1. The van der Waals surface area contributed by atoms with Gasteiger partial charge in [-0.1, -0.05) is 31.2 Å². The quantitative estimate of drug-likeness (QED) is 0.194. The van der Waals surface area contributed by atoms with Crippen LogP contribution in [-0.4, -0.2) is 26.5 Å². The lowest BCUT2D eigenvalue weighted by Crippen LogP contribution is -2.20. The number of benzene rings is 3. The van der Waals surface area contributed by atoms with Crippen LogP contribution in [0.4, 0.5) is 13.2 Å². The summed E-state index contributed by atoms with van der Waals surface area (Å²) < 4.78 is 49.4. The van der Waals surface area contributed by atoms with Crippen LogP contribution < -0.4 is 10.3 Å². The number of aryl methyl sites for hydroxylation is 1. The largest absolute Gasteiger partial charge is 0.491 e. The van der Waals surface area contributed by atoms with Crippen LogP contribution >= 0.6 is 0 Å². The molecule has 0 saturated heterocycles. The Morgan fingerprint density at radius 1 is 1.00 bits per heavy atom. The first kappa shape index (κ1) is 27.9. The lowest BCUT2D eigenvalue weighted by atomic mass is 10.1. The van der Waals surface area contributed by atoms with E-state index in [-0.39, 0.29) is 17.5 Å². The van der Waals surface area contributed by atoms with E-state index in [9.17, 15) is 18.0 Å². The number of ether oxygens (including phenoxy) is 1. The van der Waals surface area contributed by atoms with E-state index in [2.05, 4.69) is 21.6 Å². The van der Waals surface area contributed by atoms with E-state index in [4.69, 9.17) is 4.74 Å². The Labute approximate surface area is 235 Å². The second-order valence-electron chi connectivity index (χ2n) is 9.89. The molecular formula is C32H29F3N4O2. The van der Waals surface area contributed by atoms with Gasteiger partial charge in [0.05, 0.1) is 28.8 Å². The lowest BCUT2D eigenvalue weighted by molar-refractivity contribution is -0.137. The summed E-state index contributed by atoms with van der Waals surface area (Å²) in [4.78, 5) is 18.0. The molecule has 0 N–H and O–H groups in total. The SMILES string of the molecule is CC[C@H](C)Oc1ccc(-n2c(C)cc(C=Nn3c(-c4cccc(C(F)(F)F)c4)nc4ccccc4c3=O)c2C)cc1. The Morgan fingerprint density at radius 3 is 2.44 bits per heavy atom. The monoisotopic (exact) mass is 558 g/mol. The van der Waals surface area contributed by atoms with Gasteiger partial charge in [0.15, 0.2) is 5.82 Å². The van der Waals surface area contributed by atoms with Crippen LogP contribution in [0.25, 0.3) is 28.0 Å². The van der Waals surface area contributed by atoms with Gasteiger partial charge in [-0.3, -0.25) is 4.79 Å². The van der Waals surface area contributed by atoms with Crippen LogP contribution in [0.3, 0.4) is 0 Å². The van der Waals surface area contributed by atoms with Crippen LogP contribution in [-0.2, 0) is 6.18 Å². The van der Waals surface area contributed by atoms with Crippen molar-refractivity contribution in [3.05, 3.63) is 112 Å². The molecule has 5 aromatic rings. The van der Waals surface area contributed by atoms with E-state index in [1.165, 1.54) is 18.3 Å². The molecule has 210 valence electrons. The van der Waals surface area contributed by atoms with Crippen LogP contribution in [0.1, 0.15) is 42.8 Å². The summed E-state index contributed by atoms with van der Waals surface area (Å²) >= 11 is 0. The molecule has 5 rings (SSSR count). The number of rotatable bonds is 7.